The predicted molar refractivity (Wildman–Crippen MR) is 48.6 cm³/mol. The molecule has 7 heteroatoms. The summed E-state index contributed by atoms with van der Waals surface area (Å²) >= 11 is 2.97. The second-order valence-electron chi connectivity index (χ2n) is 2.20. The summed E-state index contributed by atoms with van der Waals surface area (Å²) in [6, 6.07) is 3.30. The van der Waals surface area contributed by atoms with Crippen LogP contribution >= 0.6 is 15.9 Å². The first-order chi connectivity index (χ1) is 5.97. The minimum Gasteiger partial charge on any atom is -0.257 e. The topological polar surface area (TPSA) is 72.2 Å². The Morgan fingerprint density at radius 2 is 2.08 bits per heavy atom. The highest BCUT2D eigenvalue weighted by molar-refractivity contribution is 9.10. The first-order valence-electron chi connectivity index (χ1n) is 3.15. The minimum absolute atomic E-state index is 0.227. The van der Waals surface area contributed by atoms with Gasteiger partial charge in [-0.3, -0.25) is 5.84 Å². The van der Waals surface area contributed by atoms with Gasteiger partial charge in [-0.15, -0.1) is 0 Å². The highest BCUT2D eigenvalue weighted by Crippen LogP contribution is 2.21. The van der Waals surface area contributed by atoms with E-state index in [0.717, 1.165) is 12.1 Å². The van der Waals surface area contributed by atoms with E-state index in [4.69, 9.17) is 5.84 Å². The van der Waals surface area contributed by atoms with E-state index >= 15 is 0 Å². The summed E-state index contributed by atoms with van der Waals surface area (Å²) in [5.74, 6) is 4.13. The maximum absolute atomic E-state index is 12.7. The molecule has 0 saturated carbocycles. The summed E-state index contributed by atoms with van der Waals surface area (Å²) < 4.78 is 35.2. The molecular weight excluding hydrogens is 263 g/mol. The van der Waals surface area contributed by atoms with E-state index in [9.17, 15) is 12.8 Å². The van der Waals surface area contributed by atoms with Crippen LogP contribution in [0.25, 0.3) is 0 Å². The van der Waals surface area contributed by atoms with Crippen LogP contribution in [-0.4, -0.2) is 8.42 Å². The van der Waals surface area contributed by atoms with E-state index in [1.165, 1.54) is 6.07 Å². The molecule has 3 N–H and O–H groups in total. The van der Waals surface area contributed by atoms with Crippen molar-refractivity contribution in [3.05, 3.63) is 28.5 Å². The third-order valence-corrected chi connectivity index (χ3v) is 3.52. The Hall–Kier alpha value is -0.500. The summed E-state index contributed by atoms with van der Waals surface area (Å²) in [5.41, 5.74) is 0. The summed E-state index contributed by atoms with van der Waals surface area (Å²) in [6.45, 7) is 0. The Bertz CT molecular complexity index is 421. The van der Waals surface area contributed by atoms with Crippen LogP contribution in [0.4, 0.5) is 4.39 Å². The number of benzene rings is 1. The third kappa shape index (κ3) is 2.25. The fourth-order valence-corrected chi connectivity index (χ4v) is 2.35. The average molecular weight is 269 g/mol. The lowest BCUT2D eigenvalue weighted by molar-refractivity contribution is 0.579. The van der Waals surface area contributed by atoms with Gasteiger partial charge in [-0.2, -0.15) is 4.83 Å². The molecule has 0 bridgehead atoms. The van der Waals surface area contributed by atoms with Crippen LogP contribution in [0.3, 0.4) is 0 Å². The van der Waals surface area contributed by atoms with Crippen molar-refractivity contribution in [2.75, 3.05) is 0 Å². The van der Waals surface area contributed by atoms with Crippen molar-refractivity contribution in [1.29, 1.82) is 0 Å². The molecule has 0 heterocycles. The second-order valence-corrected chi connectivity index (χ2v) is 4.73. The normalized spacial score (nSPS) is 11.6. The van der Waals surface area contributed by atoms with Gasteiger partial charge in [0, 0.05) is 4.47 Å². The fraction of sp³-hybridized carbons (Fsp3) is 0. The Morgan fingerprint density at radius 1 is 1.46 bits per heavy atom. The van der Waals surface area contributed by atoms with Crippen LogP contribution in [0, 0.1) is 5.82 Å². The summed E-state index contributed by atoms with van der Waals surface area (Å²) in [4.78, 5) is 1.37. The van der Waals surface area contributed by atoms with Crippen molar-refractivity contribution in [3.63, 3.8) is 0 Å². The molecular formula is C6H6BrFN2O2S. The first kappa shape index (κ1) is 10.6. The zero-order valence-electron chi connectivity index (χ0n) is 6.29. The predicted octanol–water partition coefficient (Wildman–Crippen LogP) is 0.740. The van der Waals surface area contributed by atoms with Crippen molar-refractivity contribution in [2.45, 2.75) is 4.90 Å². The van der Waals surface area contributed by atoms with Crippen molar-refractivity contribution >= 4 is 26.0 Å². The molecule has 0 radical (unpaired) electrons. The van der Waals surface area contributed by atoms with Gasteiger partial charge < -0.3 is 0 Å². The van der Waals surface area contributed by atoms with Crippen LogP contribution in [0.15, 0.2) is 27.6 Å². The lowest BCUT2D eigenvalue weighted by Crippen LogP contribution is -2.30. The van der Waals surface area contributed by atoms with Crippen molar-refractivity contribution in [3.8, 4) is 0 Å². The van der Waals surface area contributed by atoms with Gasteiger partial charge in [-0.05, 0) is 34.1 Å². The molecule has 1 rings (SSSR count). The summed E-state index contributed by atoms with van der Waals surface area (Å²) in [7, 11) is -3.81. The van der Waals surface area contributed by atoms with Gasteiger partial charge in [-0.1, -0.05) is 0 Å². The van der Waals surface area contributed by atoms with Gasteiger partial charge in [0.05, 0.1) is 0 Å². The molecule has 1 aromatic carbocycles. The first-order valence-corrected chi connectivity index (χ1v) is 5.42. The molecule has 1 aromatic rings. The van der Waals surface area contributed by atoms with E-state index < -0.39 is 15.8 Å². The summed E-state index contributed by atoms with van der Waals surface area (Å²) in [6.07, 6.45) is 0. The lowest BCUT2D eigenvalue weighted by Gasteiger charge is -2.03. The maximum atomic E-state index is 12.7. The lowest BCUT2D eigenvalue weighted by atomic mass is 10.3. The molecule has 0 fully saturated rings. The van der Waals surface area contributed by atoms with Crippen molar-refractivity contribution in [2.24, 2.45) is 5.84 Å². The second kappa shape index (κ2) is 3.70. The Balaban J connectivity index is 3.38. The van der Waals surface area contributed by atoms with Crippen LogP contribution in [0.1, 0.15) is 0 Å². The molecule has 0 unspecified atom stereocenters. The van der Waals surface area contributed by atoms with E-state index in [1.54, 1.807) is 4.83 Å². The van der Waals surface area contributed by atoms with E-state index in [0.29, 0.717) is 0 Å². The van der Waals surface area contributed by atoms with Crippen LogP contribution in [0.5, 0.6) is 0 Å². The quantitative estimate of drug-likeness (QED) is 0.614. The third-order valence-electron chi connectivity index (χ3n) is 1.34. The summed E-state index contributed by atoms with van der Waals surface area (Å²) in [5, 5.41) is 0. The van der Waals surface area contributed by atoms with E-state index in [1.807, 2.05) is 0 Å². The number of rotatable bonds is 2. The van der Waals surface area contributed by atoms with Crippen LogP contribution in [-0.2, 0) is 10.0 Å². The minimum atomic E-state index is -3.81. The molecule has 0 amide bonds. The number of sulfonamides is 1. The average Bonchev–Trinajstić information content (AvgIpc) is 2.09. The molecule has 72 valence electrons. The van der Waals surface area contributed by atoms with Gasteiger partial charge in [0.2, 0.25) is 0 Å². The number of halogens is 2. The monoisotopic (exact) mass is 268 g/mol. The number of nitrogens with two attached hydrogens (primary N) is 1. The molecule has 0 aromatic heterocycles. The number of hydrazine groups is 1. The van der Waals surface area contributed by atoms with E-state index in [-0.39, 0.29) is 9.37 Å². The van der Waals surface area contributed by atoms with Gasteiger partial charge >= 0.3 is 0 Å². The molecule has 0 aliphatic rings. The molecule has 13 heavy (non-hydrogen) atoms. The molecule has 4 nitrogen and oxygen atoms in total. The molecule has 0 aliphatic heterocycles. The molecule has 0 atom stereocenters. The zero-order chi connectivity index (χ0) is 10.1. The number of nitrogens with one attached hydrogen (secondary N) is 1. The maximum Gasteiger partial charge on any atom is 0.254 e. The standard InChI is InChI=1S/C6H6BrFN2O2S/c7-5-2-1-4(8)3-6(5)13(11,12)10-9/h1-3,10H,9H2. The van der Waals surface area contributed by atoms with Crippen LogP contribution in [0.2, 0.25) is 0 Å². The van der Waals surface area contributed by atoms with E-state index in [2.05, 4.69) is 15.9 Å². The number of hydrogen-bond acceptors (Lipinski definition) is 3. The Morgan fingerprint density at radius 3 is 2.62 bits per heavy atom. The van der Waals surface area contributed by atoms with Crippen molar-refractivity contribution in [1.82, 2.24) is 4.83 Å². The zero-order valence-corrected chi connectivity index (χ0v) is 8.69. The highest BCUT2D eigenvalue weighted by Gasteiger charge is 2.16. The highest BCUT2D eigenvalue weighted by atomic mass is 79.9. The molecule has 0 spiro atoms. The SMILES string of the molecule is NNS(=O)(=O)c1cc(F)ccc1Br. The van der Waals surface area contributed by atoms with Gasteiger partial charge in [-0.25, -0.2) is 12.8 Å². The Kier molecular flexibility index (Phi) is 3.01. The number of hydrogen-bond donors (Lipinski definition) is 2. The van der Waals surface area contributed by atoms with Gasteiger partial charge in [0.25, 0.3) is 10.0 Å². The van der Waals surface area contributed by atoms with Gasteiger partial charge in [0.1, 0.15) is 10.7 Å². The largest absolute Gasteiger partial charge is 0.257 e. The Labute approximate surface area is 83.1 Å². The smallest absolute Gasteiger partial charge is 0.254 e. The van der Waals surface area contributed by atoms with Gasteiger partial charge in [0.15, 0.2) is 0 Å². The molecule has 0 aliphatic carbocycles. The van der Waals surface area contributed by atoms with Crippen LogP contribution < -0.4 is 10.7 Å². The molecule has 0 saturated heterocycles. The fourth-order valence-electron chi connectivity index (χ4n) is 0.747. The van der Waals surface area contributed by atoms with Crippen molar-refractivity contribution < 1.29 is 12.8 Å².